The van der Waals surface area contributed by atoms with Gasteiger partial charge in [-0.15, -0.1) is 0 Å². The lowest BCUT2D eigenvalue weighted by Gasteiger charge is -2.19. The molecule has 0 heterocycles. The van der Waals surface area contributed by atoms with E-state index >= 15 is 0 Å². The summed E-state index contributed by atoms with van der Waals surface area (Å²) in [5.74, 6) is 0.0794. The first kappa shape index (κ1) is 10.6. The molecule has 1 aromatic rings. The summed E-state index contributed by atoms with van der Waals surface area (Å²) in [5.41, 5.74) is 7.53. The molecule has 14 heavy (non-hydrogen) atoms. The summed E-state index contributed by atoms with van der Waals surface area (Å²) < 4.78 is 0. The number of benzene rings is 1. The Kier molecular flexibility index (Phi) is 3.51. The third-order valence-corrected chi connectivity index (χ3v) is 2.24. The van der Waals surface area contributed by atoms with E-state index in [1.54, 1.807) is 11.8 Å². The van der Waals surface area contributed by atoms with Crippen molar-refractivity contribution in [2.45, 2.75) is 20.4 Å². The van der Waals surface area contributed by atoms with Crippen molar-refractivity contribution in [3.63, 3.8) is 0 Å². The Hall–Kier alpha value is -1.51. The van der Waals surface area contributed by atoms with Gasteiger partial charge in [0, 0.05) is 25.7 Å². The summed E-state index contributed by atoms with van der Waals surface area (Å²) >= 11 is 0. The highest BCUT2D eigenvalue weighted by Crippen LogP contribution is 2.13. The van der Waals surface area contributed by atoms with Gasteiger partial charge in [0.2, 0.25) is 5.91 Å². The number of nitrogen functional groups attached to an aromatic ring is 1. The van der Waals surface area contributed by atoms with Gasteiger partial charge < -0.3 is 10.6 Å². The molecule has 0 bridgehead atoms. The number of nitrogens with zero attached hydrogens (tertiary/aromatic N) is 1. The third-order valence-electron chi connectivity index (χ3n) is 2.24. The Morgan fingerprint density at radius 1 is 1.43 bits per heavy atom. The van der Waals surface area contributed by atoms with E-state index in [1.165, 1.54) is 0 Å². The van der Waals surface area contributed by atoms with Gasteiger partial charge in [-0.05, 0) is 18.6 Å². The van der Waals surface area contributed by atoms with E-state index < -0.39 is 0 Å². The number of amides is 1. The van der Waals surface area contributed by atoms with Crippen LogP contribution in [0.2, 0.25) is 0 Å². The first-order valence-electron chi connectivity index (χ1n) is 4.74. The lowest BCUT2D eigenvalue weighted by atomic mass is 10.1. The molecular formula is C11H16N2O. The summed E-state index contributed by atoms with van der Waals surface area (Å²) in [6.45, 7) is 4.84. The molecule has 0 saturated carbocycles. The predicted molar refractivity (Wildman–Crippen MR) is 57.6 cm³/mol. The summed E-state index contributed by atoms with van der Waals surface area (Å²) in [5, 5.41) is 0. The van der Waals surface area contributed by atoms with Crippen LogP contribution in [0.5, 0.6) is 0 Å². The predicted octanol–water partition coefficient (Wildman–Crippen LogP) is 1.64. The Balaban J connectivity index is 2.77. The summed E-state index contributed by atoms with van der Waals surface area (Å²) in [4.78, 5) is 12.9. The highest BCUT2D eigenvalue weighted by Gasteiger charge is 2.07. The second-order valence-electron chi connectivity index (χ2n) is 3.23. The minimum atomic E-state index is 0.0794. The second kappa shape index (κ2) is 4.65. The molecule has 3 heteroatoms. The molecule has 0 aliphatic rings. The van der Waals surface area contributed by atoms with Crippen molar-refractivity contribution < 1.29 is 4.79 Å². The van der Waals surface area contributed by atoms with Crippen LogP contribution in [0.1, 0.15) is 19.4 Å². The molecule has 0 atom stereocenters. The van der Waals surface area contributed by atoms with Gasteiger partial charge in [-0.1, -0.05) is 18.2 Å². The first-order chi connectivity index (χ1) is 6.65. The van der Waals surface area contributed by atoms with Gasteiger partial charge in [0.15, 0.2) is 0 Å². The van der Waals surface area contributed by atoms with E-state index in [4.69, 9.17) is 5.73 Å². The van der Waals surface area contributed by atoms with E-state index in [2.05, 4.69) is 0 Å². The molecule has 1 rings (SSSR count). The second-order valence-corrected chi connectivity index (χ2v) is 3.23. The van der Waals surface area contributed by atoms with Crippen molar-refractivity contribution in [3.8, 4) is 0 Å². The van der Waals surface area contributed by atoms with E-state index in [9.17, 15) is 4.79 Å². The van der Waals surface area contributed by atoms with Crippen molar-refractivity contribution in [2.24, 2.45) is 0 Å². The average Bonchev–Trinajstić information content (AvgIpc) is 2.16. The van der Waals surface area contributed by atoms with Crippen LogP contribution in [0.4, 0.5) is 5.69 Å². The number of hydrogen-bond donors (Lipinski definition) is 1. The normalized spacial score (nSPS) is 9.86. The van der Waals surface area contributed by atoms with Crippen molar-refractivity contribution in [3.05, 3.63) is 29.8 Å². The molecule has 0 radical (unpaired) electrons. The topological polar surface area (TPSA) is 46.3 Å². The monoisotopic (exact) mass is 192 g/mol. The van der Waals surface area contributed by atoms with Gasteiger partial charge >= 0.3 is 0 Å². The van der Waals surface area contributed by atoms with Gasteiger partial charge in [-0.25, -0.2) is 0 Å². The summed E-state index contributed by atoms with van der Waals surface area (Å²) in [6.07, 6.45) is 0. The molecule has 0 fully saturated rings. The molecule has 0 saturated heterocycles. The SMILES string of the molecule is CCN(Cc1ccccc1N)C(C)=O. The van der Waals surface area contributed by atoms with Gasteiger partial charge in [0.1, 0.15) is 0 Å². The van der Waals surface area contributed by atoms with Gasteiger partial charge in [-0.3, -0.25) is 4.79 Å². The van der Waals surface area contributed by atoms with Crippen LogP contribution in [0, 0.1) is 0 Å². The quantitative estimate of drug-likeness (QED) is 0.740. The number of carbonyl (C=O) groups is 1. The summed E-state index contributed by atoms with van der Waals surface area (Å²) in [7, 11) is 0. The Morgan fingerprint density at radius 2 is 2.07 bits per heavy atom. The van der Waals surface area contributed by atoms with Crippen molar-refractivity contribution in [1.29, 1.82) is 0 Å². The maximum absolute atomic E-state index is 11.2. The number of anilines is 1. The van der Waals surface area contributed by atoms with Crippen LogP contribution in [-0.2, 0) is 11.3 Å². The maximum Gasteiger partial charge on any atom is 0.219 e. The number of nitrogens with two attached hydrogens (primary N) is 1. The fourth-order valence-electron chi connectivity index (χ4n) is 1.33. The van der Waals surface area contributed by atoms with E-state index in [0.717, 1.165) is 11.3 Å². The largest absolute Gasteiger partial charge is 0.398 e. The smallest absolute Gasteiger partial charge is 0.219 e. The zero-order valence-corrected chi connectivity index (χ0v) is 8.66. The number of rotatable bonds is 3. The molecule has 1 amide bonds. The fraction of sp³-hybridized carbons (Fsp3) is 0.364. The molecule has 0 aromatic heterocycles. The van der Waals surface area contributed by atoms with Gasteiger partial charge in [0.25, 0.3) is 0 Å². The molecule has 0 aliphatic heterocycles. The molecule has 76 valence electrons. The standard InChI is InChI=1S/C11H16N2O/c1-3-13(9(2)14)8-10-6-4-5-7-11(10)12/h4-7H,3,8,12H2,1-2H3. The summed E-state index contributed by atoms with van der Waals surface area (Å²) in [6, 6.07) is 7.62. The molecule has 0 unspecified atom stereocenters. The van der Waals surface area contributed by atoms with E-state index in [-0.39, 0.29) is 5.91 Å². The van der Waals surface area contributed by atoms with Crippen LogP contribution >= 0.6 is 0 Å². The zero-order chi connectivity index (χ0) is 10.6. The Morgan fingerprint density at radius 3 is 2.57 bits per heavy atom. The van der Waals surface area contributed by atoms with Crippen LogP contribution < -0.4 is 5.73 Å². The van der Waals surface area contributed by atoms with E-state index in [0.29, 0.717) is 13.1 Å². The number of hydrogen-bond acceptors (Lipinski definition) is 2. The molecule has 0 spiro atoms. The van der Waals surface area contributed by atoms with Gasteiger partial charge in [-0.2, -0.15) is 0 Å². The minimum absolute atomic E-state index is 0.0794. The van der Waals surface area contributed by atoms with E-state index in [1.807, 2.05) is 31.2 Å². The highest BCUT2D eigenvalue weighted by molar-refractivity contribution is 5.73. The number of para-hydroxylation sites is 1. The molecule has 1 aromatic carbocycles. The first-order valence-corrected chi connectivity index (χ1v) is 4.74. The lowest BCUT2D eigenvalue weighted by Crippen LogP contribution is -2.28. The number of carbonyl (C=O) groups excluding carboxylic acids is 1. The van der Waals surface area contributed by atoms with Crippen molar-refractivity contribution >= 4 is 11.6 Å². The van der Waals surface area contributed by atoms with Crippen LogP contribution in [0.15, 0.2) is 24.3 Å². The van der Waals surface area contributed by atoms with Crippen molar-refractivity contribution in [2.75, 3.05) is 12.3 Å². The molecule has 2 N–H and O–H groups in total. The van der Waals surface area contributed by atoms with Crippen LogP contribution in [0.3, 0.4) is 0 Å². The lowest BCUT2D eigenvalue weighted by molar-refractivity contribution is -0.129. The van der Waals surface area contributed by atoms with Crippen LogP contribution in [0.25, 0.3) is 0 Å². The molecule has 3 nitrogen and oxygen atoms in total. The molecule has 0 aliphatic carbocycles. The Bertz CT molecular complexity index is 323. The highest BCUT2D eigenvalue weighted by atomic mass is 16.2. The Labute approximate surface area is 84.5 Å². The van der Waals surface area contributed by atoms with Crippen LogP contribution in [-0.4, -0.2) is 17.4 Å². The average molecular weight is 192 g/mol. The maximum atomic E-state index is 11.2. The third kappa shape index (κ3) is 2.49. The van der Waals surface area contributed by atoms with Crippen molar-refractivity contribution in [1.82, 2.24) is 4.90 Å². The zero-order valence-electron chi connectivity index (χ0n) is 8.66. The van der Waals surface area contributed by atoms with Gasteiger partial charge in [0.05, 0.1) is 0 Å². The minimum Gasteiger partial charge on any atom is -0.398 e. The fourth-order valence-corrected chi connectivity index (χ4v) is 1.33. The molecular weight excluding hydrogens is 176 g/mol.